The maximum atomic E-state index is 12.6. The molecule has 2 unspecified atom stereocenters. The lowest BCUT2D eigenvalue weighted by Crippen LogP contribution is -2.50. The number of fused-ring (bicyclic) bond motifs is 4. The number of hydrogen-bond donors (Lipinski definition) is 2. The van der Waals surface area contributed by atoms with Gasteiger partial charge in [0.05, 0.1) is 12.2 Å². The minimum atomic E-state index is -0.935. The average Bonchev–Trinajstić information content (AvgIpc) is 3.67. The lowest BCUT2D eigenvalue weighted by molar-refractivity contribution is -0.114. The van der Waals surface area contributed by atoms with E-state index in [-0.39, 0.29) is 35.4 Å². The second-order valence-corrected chi connectivity index (χ2v) is 11.8. The molecule has 4 heteroatoms. The fraction of sp³-hybridized carbons (Fsp3) is 0.548. The van der Waals surface area contributed by atoms with Gasteiger partial charge in [-0.25, -0.2) is 0 Å². The first kappa shape index (κ1) is 23.1. The van der Waals surface area contributed by atoms with Gasteiger partial charge < -0.3 is 10.2 Å². The molecule has 3 saturated carbocycles. The van der Waals surface area contributed by atoms with Gasteiger partial charge >= 0.3 is 0 Å². The molecule has 0 spiro atoms. The highest BCUT2D eigenvalue weighted by atomic mass is 16.3. The van der Waals surface area contributed by atoms with E-state index in [1.165, 1.54) is 22.3 Å². The quantitative estimate of drug-likeness (QED) is 0.441. The standard InChI is InChI=1S/C31H36O4/c1-30-18-26(19-3-5-20(6-4-19)29(34)21-7-8-21)28-24-12-10-23(33)17-22(24)9-11-25(28)27(30)13-15-31(30,35)14-2-16-32/h2-6,14,17,21,25-27,32,35H,7-13,15-16,18H2,1H3/t25?,26-,27?,30+,31+/m1/s1. The molecule has 0 aromatic heterocycles. The number of aliphatic hydroxyl groups excluding tert-OH is 1. The Hall–Kier alpha value is -2.30. The van der Waals surface area contributed by atoms with E-state index in [4.69, 9.17) is 0 Å². The zero-order valence-corrected chi connectivity index (χ0v) is 20.6. The number of ketones is 2. The summed E-state index contributed by atoms with van der Waals surface area (Å²) in [6.45, 7) is 2.19. The number of benzene rings is 1. The van der Waals surface area contributed by atoms with Crippen LogP contribution in [0.25, 0.3) is 0 Å². The minimum absolute atomic E-state index is 0.0656. The van der Waals surface area contributed by atoms with Crippen LogP contribution in [0.5, 0.6) is 0 Å². The highest BCUT2D eigenvalue weighted by Gasteiger charge is 2.62. The maximum Gasteiger partial charge on any atom is 0.165 e. The Bertz CT molecular complexity index is 1150. The van der Waals surface area contributed by atoms with Crippen LogP contribution in [0.15, 0.2) is 59.2 Å². The smallest absolute Gasteiger partial charge is 0.165 e. The van der Waals surface area contributed by atoms with E-state index in [0.717, 1.165) is 50.5 Å². The molecule has 5 aliphatic carbocycles. The summed E-state index contributed by atoms with van der Waals surface area (Å²) >= 11 is 0. The Balaban J connectivity index is 1.45. The van der Waals surface area contributed by atoms with Crippen LogP contribution in [0.1, 0.15) is 86.6 Å². The Kier molecular flexibility index (Phi) is 5.54. The molecule has 0 bridgehead atoms. The summed E-state index contributed by atoms with van der Waals surface area (Å²) in [5.41, 5.74) is 4.91. The van der Waals surface area contributed by atoms with Crippen molar-refractivity contribution in [3.8, 4) is 0 Å². The predicted octanol–water partition coefficient (Wildman–Crippen LogP) is 5.46. The molecular weight excluding hydrogens is 436 g/mol. The summed E-state index contributed by atoms with van der Waals surface area (Å²) < 4.78 is 0. The van der Waals surface area contributed by atoms with Crippen molar-refractivity contribution in [2.24, 2.45) is 23.2 Å². The Morgan fingerprint density at radius 3 is 2.57 bits per heavy atom. The number of carbonyl (C=O) groups excluding carboxylic acids is 2. The number of aliphatic hydroxyl groups is 2. The Morgan fingerprint density at radius 1 is 1.09 bits per heavy atom. The van der Waals surface area contributed by atoms with Crippen molar-refractivity contribution >= 4 is 11.6 Å². The van der Waals surface area contributed by atoms with Crippen LogP contribution in [-0.4, -0.2) is 34.0 Å². The molecule has 2 N–H and O–H groups in total. The topological polar surface area (TPSA) is 74.6 Å². The van der Waals surface area contributed by atoms with E-state index in [1.54, 1.807) is 6.08 Å². The molecule has 5 atom stereocenters. The molecule has 0 saturated heterocycles. The van der Waals surface area contributed by atoms with E-state index in [2.05, 4.69) is 19.1 Å². The monoisotopic (exact) mass is 472 g/mol. The van der Waals surface area contributed by atoms with Crippen molar-refractivity contribution in [2.45, 2.75) is 76.2 Å². The largest absolute Gasteiger partial charge is 0.392 e. The summed E-state index contributed by atoms with van der Waals surface area (Å²) in [5.74, 6) is 1.65. The van der Waals surface area contributed by atoms with Gasteiger partial charge in [-0.2, -0.15) is 0 Å². The van der Waals surface area contributed by atoms with Crippen molar-refractivity contribution in [2.75, 3.05) is 6.61 Å². The molecule has 6 rings (SSSR count). The fourth-order valence-electron chi connectivity index (χ4n) is 7.98. The van der Waals surface area contributed by atoms with Gasteiger partial charge in [-0.3, -0.25) is 9.59 Å². The summed E-state index contributed by atoms with van der Waals surface area (Å²) in [6, 6.07) is 8.28. The normalized spacial score (nSPS) is 36.6. The Labute approximate surface area is 207 Å². The second-order valence-electron chi connectivity index (χ2n) is 11.8. The molecule has 1 aromatic rings. The average molecular weight is 473 g/mol. The zero-order valence-electron chi connectivity index (χ0n) is 20.6. The van der Waals surface area contributed by atoms with Gasteiger partial charge in [0.15, 0.2) is 11.6 Å². The minimum Gasteiger partial charge on any atom is -0.392 e. The molecule has 5 aliphatic rings. The lowest BCUT2D eigenvalue weighted by Gasteiger charge is -2.54. The van der Waals surface area contributed by atoms with Gasteiger partial charge in [-0.1, -0.05) is 48.9 Å². The number of allylic oxidation sites excluding steroid dienone is 4. The van der Waals surface area contributed by atoms with Crippen LogP contribution in [0.2, 0.25) is 0 Å². The summed E-state index contributed by atoms with van der Waals surface area (Å²) in [7, 11) is 0. The first-order chi connectivity index (χ1) is 16.8. The third-order valence-corrected chi connectivity index (χ3v) is 9.99. The third-order valence-electron chi connectivity index (χ3n) is 9.99. The predicted molar refractivity (Wildman–Crippen MR) is 135 cm³/mol. The van der Waals surface area contributed by atoms with Crippen molar-refractivity contribution in [3.63, 3.8) is 0 Å². The summed E-state index contributed by atoms with van der Waals surface area (Å²) in [4.78, 5) is 24.8. The van der Waals surface area contributed by atoms with Crippen LogP contribution < -0.4 is 0 Å². The van der Waals surface area contributed by atoms with Crippen LogP contribution in [0, 0.1) is 23.2 Å². The van der Waals surface area contributed by atoms with Crippen LogP contribution in [0.3, 0.4) is 0 Å². The van der Waals surface area contributed by atoms with Gasteiger partial charge in [-0.15, -0.1) is 0 Å². The molecule has 4 nitrogen and oxygen atoms in total. The maximum absolute atomic E-state index is 12.6. The van der Waals surface area contributed by atoms with E-state index in [0.29, 0.717) is 24.7 Å². The van der Waals surface area contributed by atoms with Crippen molar-refractivity contribution in [1.29, 1.82) is 0 Å². The molecule has 0 amide bonds. The van der Waals surface area contributed by atoms with E-state index >= 15 is 0 Å². The number of rotatable bonds is 5. The zero-order chi connectivity index (χ0) is 24.4. The number of Topliss-reactive ketones (excluding diaryl/α,β-unsaturated/α-hetero) is 1. The molecule has 1 aromatic carbocycles. The second kappa shape index (κ2) is 8.38. The molecule has 35 heavy (non-hydrogen) atoms. The molecule has 0 heterocycles. The highest BCUT2D eigenvalue weighted by Crippen LogP contribution is 2.67. The van der Waals surface area contributed by atoms with Crippen LogP contribution in [0.4, 0.5) is 0 Å². The summed E-state index contributed by atoms with van der Waals surface area (Å²) in [5, 5.41) is 21.3. The van der Waals surface area contributed by atoms with Gasteiger partial charge in [0.25, 0.3) is 0 Å². The Morgan fingerprint density at radius 2 is 1.86 bits per heavy atom. The van der Waals surface area contributed by atoms with Crippen molar-refractivity contribution in [3.05, 3.63) is 70.3 Å². The van der Waals surface area contributed by atoms with Gasteiger partial charge in [0.1, 0.15) is 0 Å². The number of hydrogen-bond acceptors (Lipinski definition) is 4. The van der Waals surface area contributed by atoms with E-state index in [9.17, 15) is 19.8 Å². The highest BCUT2D eigenvalue weighted by molar-refractivity contribution is 5.99. The molecule has 3 fully saturated rings. The van der Waals surface area contributed by atoms with Crippen molar-refractivity contribution in [1.82, 2.24) is 0 Å². The van der Waals surface area contributed by atoms with Gasteiger partial charge in [-0.05, 0) is 86.0 Å². The SMILES string of the molecule is C[C@]12C[C@H](c3ccc(C(=O)C4CC4)cc3)C3=C4CCC(=O)C=C4CCC3C1CC[C@@]2(O)C=CCO. The first-order valence-corrected chi connectivity index (χ1v) is 13.5. The third kappa shape index (κ3) is 3.64. The van der Waals surface area contributed by atoms with Crippen molar-refractivity contribution < 1.29 is 19.8 Å². The van der Waals surface area contributed by atoms with Crippen LogP contribution in [-0.2, 0) is 4.79 Å². The molecule has 0 radical (unpaired) electrons. The van der Waals surface area contributed by atoms with Crippen LogP contribution >= 0.6 is 0 Å². The molecule has 184 valence electrons. The lowest BCUT2D eigenvalue weighted by atomic mass is 9.51. The first-order valence-electron chi connectivity index (χ1n) is 13.5. The number of carbonyl (C=O) groups is 2. The summed E-state index contributed by atoms with van der Waals surface area (Å²) in [6.07, 6.45) is 13.3. The molecular formula is C31H36O4. The van der Waals surface area contributed by atoms with Gasteiger partial charge in [0, 0.05) is 29.2 Å². The van der Waals surface area contributed by atoms with E-state index in [1.807, 2.05) is 24.3 Å². The van der Waals surface area contributed by atoms with E-state index < -0.39 is 5.60 Å². The fourth-order valence-corrected chi connectivity index (χ4v) is 7.98. The van der Waals surface area contributed by atoms with Gasteiger partial charge in [0.2, 0.25) is 0 Å². The molecule has 0 aliphatic heterocycles.